The topological polar surface area (TPSA) is 51.0 Å². The van der Waals surface area contributed by atoms with Crippen LogP contribution in [0.15, 0.2) is 42.6 Å². The minimum absolute atomic E-state index is 0.0467. The van der Waals surface area contributed by atoms with Gasteiger partial charge in [-0.05, 0) is 38.7 Å². The number of alkyl halides is 1. The van der Waals surface area contributed by atoms with Gasteiger partial charge in [-0.25, -0.2) is 4.79 Å². The SMILES string of the molecule is CN(C)CCOC(=O)c1c2ccccc2n2cc(C(=O)CCCCl)ccc12. The van der Waals surface area contributed by atoms with E-state index in [-0.39, 0.29) is 11.8 Å². The predicted molar refractivity (Wildman–Crippen MR) is 108 cm³/mol. The first-order valence-electron chi connectivity index (χ1n) is 8.96. The van der Waals surface area contributed by atoms with E-state index in [2.05, 4.69) is 0 Å². The molecule has 0 N–H and O–H groups in total. The zero-order valence-electron chi connectivity index (χ0n) is 15.6. The van der Waals surface area contributed by atoms with E-state index in [0.29, 0.717) is 43.0 Å². The standard InChI is InChI=1S/C21H23ClN2O3/c1-23(2)12-13-27-21(26)20-16-6-3-4-7-17(16)24-14-15(9-10-18(20)24)19(25)8-5-11-22/h3-4,6-7,9-10,14H,5,8,11-13H2,1-2H3. The lowest BCUT2D eigenvalue weighted by Gasteiger charge is -2.10. The van der Waals surface area contributed by atoms with Crippen LogP contribution < -0.4 is 0 Å². The Balaban J connectivity index is 2.02. The second kappa shape index (κ2) is 8.55. The molecule has 2 aromatic heterocycles. The highest BCUT2D eigenvalue weighted by Crippen LogP contribution is 2.28. The zero-order valence-corrected chi connectivity index (χ0v) is 16.3. The zero-order chi connectivity index (χ0) is 19.4. The second-order valence-electron chi connectivity index (χ2n) is 6.72. The number of pyridine rings is 1. The van der Waals surface area contributed by atoms with Crippen molar-refractivity contribution in [1.82, 2.24) is 9.30 Å². The van der Waals surface area contributed by atoms with Gasteiger partial charge in [0.25, 0.3) is 0 Å². The van der Waals surface area contributed by atoms with E-state index in [1.807, 2.05) is 53.7 Å². The molecule has 0 amide bonds. The van der Waals surface area contributed by atoms with E-state index in [1.54, 1.807) is 12.3 Å². The first-order chi connectivity index (χ1) is 13.0. The third-order valence-corrected chi connectivity index (χ3v) is 4.74. The molecule has 0 fully saturated rings. The van der Waals surface area contributed by atoms with Gasteiger partial charge in [0, 0.05) is 36.0 Å². The Morgan fingerprint density at radius 3 is 2.63 bits per heavy atom. The number of ether oxygens (including phenoxy) is 1. The van der Waals surface area contributed by atoms with Gasteiger partial charge in [-0.15, -0.1) is 11.6 Å². The minimum atomic E-state index is -0.350. The summed E-state index contributed by atoms with van der Waals surface area (Å²) in [5, 5.41) is 0.817. The van der Waals surface area contributed by atoms with E-state index >= 15 is 0 Å². The maximum Gasteiger partial charge on any atom is 0.341 e. The van der Waals surface area contributed by atoms with Crippen molar-refractivity contribution in [3.8, 4) is 0 Å². The monoisotopic (exact) mass is 386 g/mol. The number of carbonyl (C=O) groups excluding carboxylic acids is 2. The molecule has 0 bridgehead atoms. The third kappa shape index (κ3) is 4.15. The number of likely N-dealkylation sites (N-methyl/N-ethyl adjacent to an activating group) is 1. The first-order valence-corrected chi connectivity index (χ1v) is 9.50. The lowest BCUT2D eigenvalue weighted by molar-refractivity contribution is 0.0486. The summed E-state index contributed by atoms with van der Waals surface area (Å²) in [6.45, 7) is 0.987. The van der Waals surface area contributed by atoms with Crippen molar-refractivity contribution in [2.24, 2.45) is 0 Å². The van der Waals surface area contributed by atoms with Crippen molar-refractivity contribution in [1.29, 1.82) is 0 Å². The molecule has 0 spiro atoms. The van der Waals surface area contributed by atoms with Crippen molar-refractivity contribution >= 4 is 39.8 Å². The summed E-state index contributed by atoms with van der Waals surface area (Å²) in [5.74, 6) is 0.158. The van der Waals surface area contributed by atoms with Gasteiger partial charge in [-0.3, -0.25) is 4.79 Å². The molecule has 0 aliphatic carbocycles. The number of fused-ring (bicyclic) bond motifs is 3. The van der Waals surface area contributed by atoms with Gasteiger partial charge in [0.2, 0.25) is 0 Å². The predicted octanol–water partition coefficient (Wildman–Crippen LogP) is 4.01. The molecule has 0 aliphatic heterocycles. The van der Waals surface area contributed by atoms with Crippen LogP contribution in [0.25, 0.3) is 16.4 Å². The number of benzene rings is 1. The average molecular weight is 387 g/mol. The van der Waals surface area contributed by atoms with Crippen LogP contribution in [-0.4, -0.2) is 54.2 Å². The molecule has 0 saturated carbocycles. The first kappa shape index (κ1) is 19.4. The number of nitrogens with zero attached hydrogens (tertiary/aromatic N) is 2. The van der Waals surface area contributed by atoms with Crippen LogP contribution in [0.2, 0.25) is 0 Å². The largest absolute Gasteiger partial charge is 0.461 e. The molecule has 0 aliphatic rings. The van der Waals surface area contributed by atoms with E-state index < -0.39 is 0 Å². The molecule has 3 rings (SSSR count). The van der Waals surface area contributed by atoms with E-state index in [4.69, 9.17) is 16.3 Å². The molecule has 5 nitrogen and oxygen atoms in total. The Labute approximate surface area is 163 Å². The molecule has 0 atom stereocenters. The molecule has 142 valence electrons. The molecule has 6 heteroatoms. The average Bonchev–Trinajstić information content (AvgIpc) is 2.99. The van der Waals surface area contributed by atoms with Gasteiger partial charge in [0.1, 0.15) is 6.61 Å². The quantitative estimate of drug-likeness (QED) is 0.333. The highest BCUT2D eigenvalue weighted by atomic mass is 35.5. The summed E-state index contributed by atoms with van der Waals surface area (Å²) < 4.78 is 7.36. The molecule has 2 heterocycles. The Kier molecular flexibility index (Phi) is 6.14. The highest BCUT2D eigenvalue weighted by molar-refractivity contribution is 6.18. The molecule has 0 radical (unpaired) electrons. The van der Waals surface area contributed by atoms with Gasteiger partial charge in [0.15, 0.2) is 5.78 Å². The van der Waals surface area contributed by atoms with Crippen LogP contribution in [0.4, 0.5) is 0 Å². The number of hydrogen-bond donors (Lipinski definition) is 0. The molecule has 0 unspecified atom stereocenters. The van der Waals surface area contributed by atoms with Gasteiger partial charge in [-0.2, -0.15) is 0 Å². The van der Waals surface area contributed by atoms with Crippen LogP contribution in [0, 0.1) is 0 Å². The third-order valence-electron chi connectivity index (χ3n) is 4.47. The Morgan fingerprint density at radius 2 is 1.89 bits per heavy atom. The smallest absolute Gasteiger partial charge is 0.341 e. The van der Waals surface area contributed by atoms with Crippen molar-refractivity contribution < 1.29 is 14.3 Å². The number of carbonyl (C=O) groups is 2. The molecule has 27 heavy (non-hydrogen) atoms. The number of esters is 1. The number of ketones is 1. The lowest BCUT2D eigenvalue weighted by atomic mass is 10.1. The summed E-state index contributed by atoms with van der Waals surface area (Å²) in [6.07, 6.45) is 2.85. The second-order valence-corrected chi connectivity index (χ2v) is 7.10. The van der Waals surface area contributed by atoms with Gasteiger partial charge in [-0.1, -0.05) is 18.2 Å². The fourth-order valence-corrected chi connectivity index (χ4v) is 3.21. The summed E-state index contributed by atoms with van der Waals surface area (Å²) in [6, 6.07) is 11.2. The Bertz CT molecular complexity index is 978. The van der Waals surface area contributed by atoms with Crippen LogP contribution in [0.1, 0.15) is 33.6 Å². The molecular formula is C21H23ClN2O3. The normalized spacial score (nSPS) is 11.4. The maximum atomic E-state index is 12.7. The van der Waals surface area contributed by atoms with Crippen LogP contribution in [0.3, 0.4) is 0 Å². The number of para-hydroxylation sites is 1. The highest BCUT2D eigenvalue weighted by Gasteiger charge is 2.20. The number of aromatic nitrogens is 1. The van der Waals surface area contributed by atoms with Crippen molar-refractivity contribution in [3.63, 3.8) is 0 Å². The van der Waals surface area contributed by atoms with Gasteiger partial charge < -0.3 is 14.0 Å². The van der Waals surface area contributed by atoms with E-state index in [9.17, 15) is 9.59 Å². The van der Waals surface area contributed by atoms with Crippen molar-refractivity contribution in [3.05, 3.63) is 53.7 Å². The van der Waals surface area contributed by atoms with E-state index in [1.165, 1.54) is 0 Å². The van der Waals surface area contributed by atoms with Gasteiger partial charge >= 0.3 is 5.97 Å². The number of halogens is 1. The number of rotatable bonds is 8. The van der Waals surface area contributed by atoms with Crippen LogP contribution in [0.5, 0.6) is 0 Å². The number of hydrogen-bond acceptors (Lipinski definition) is 4. The molecule has 1 aromatic carbocycles. The summed E-state index contributed by atoms with van der Waals surface area (Å²) >= 11 is 5.69. The van der Waals surface area contributed by atoms with Gasteiger partial charge in [0.05, 0.1) is 16.6 Å². The Hall–Kier alpha value is -2.37. The summed E-state index contributed by atoms with van der Waals surface area (Å²) in [7, 11) is 3.86. The fourth-order valence-electron chi connectivity index (χ4n) is 3.08. The van der Waals surface area contributed by atoms with E-state index in [0.717, 1.165) is 16.4 Å². The van der Waals surface area contributed by atoms with Crippen molar-refractivity contribution in [2.45, 2.75) is 12.8 Å². The molecule has 3 aromatic rings. The van der Waals surface area contributed by atoms with Crippen LogP contribution >= 0.6 is 11.6 Å². The molecular weight excluding hydrogens is 364 g/mol. The Morgan fingerprint density at radius 1 is 1.11 bits per heavy atom. The summed E-state index contributed by atoms with van der Waals surface area (Å²) in [5.41, 5.74) is 2.75. The number of Topliss-reactive ketones (excluding diaryl/α,β-unsaturated/α-hetero) is 1. The lowest BCUT2D eigenvalue weighted by Crippen LogP contribution is -2.20. The fraction of sp³-hybridized carbons (Fsp3) is 0.333. The minimum Gasteiger partial charge on any atom is -0.461 e. The summed E-state index contributed by atoms with van der Waals surface area (Å²) in [4.78, 5) is 27.1. The maximum absolute atomic E-state index is 12.7. The van der Waals surface area contributed by atoms with Crippen LogP contribution in [-0.2, 0) is 4.74 Å². The molecule has 0 saturated heterocycles. The van der Waals surface area contributed by atoms with Crippen molar-refractivity contribution in [2.75, 3.05) is 33.1 Å².